The Morgan fingerprint density at radius 3 is 2.83 bits per heavy atom. The van der Waals surface area contributed by atoms with Crippen molar-refractivity contribution in [2.45, 2.75) is 25.5 Å². The third kappa shape index (κ3) is 4.14. The molecule has 0 aliphatic rings. The summed E-state index contributed by atoms with van der Waals surface area (Å²) < 4.78 is 6.51. The Balaban J connectivity index is 1.66. The number of hydrogen-bond donors (Lipinski definition) is 0. The van der Waals surface area contributed by atoms with Crippen molar-refractivity contribution in [2.24, 2.45) is 0 Å². The summed E-state index contributed by atoms with van der Waals surface area (Å²) in [5.74, 6) is 3.26. The van der Waals surface area contributed by atoms with E-state index < -0.39 is 0 Å². The first kappa shape index (κ1) is 13.6. The SMILES string of the molecule is Cc1nnc(CSCCCc2ccccc2Br)o1. The third-order valence-corrected chi connectivity index (χ3v) is 4.29. The molecule has 0 fully saturated rings. The molecule has 18 heavy (non-hydrogen) atoms. The smallest absolute Gasteiger partial charge is 0.226 e. The van der Waals surface area contributed by atoms with Crippen LogP contribution in [0.3, 0.4) is 0 Å². The predicted octanol–water partition coefficient (Wildman–Crippen LogP) is 4.01. The van der Waals surface area contributed by atoms with E-state index in [4.69, 9.17) is 4.42 Å². The molecule has 0 radical (unpaired) electrons. The zero-order valence-electron chi connectivity index (χ0n) is 10.2. The van der Waals surface area contributed by atoms with E-state index in [2.05, 4.69) is 44.3 Å². The number of benzene rings is 1. The number of aryl methyl sites for hydroxylation is 2. The number of thioether (sulfide) groups is 1. The highest BCUT2D eigenvalue weighted by Gasteiger charge is 2.02. The van der Waals surface area contributed by atoms with Crippen molar-refractivity contribution < 1.29 is 4.42 Å². The summed E-state index contributed by atoms with van der Waals surface area (Å²) in [6.07, 6.45) is 2.25. The van der Waals surface area contributed by atoms with E-state index >= 15 is 0 Å². The molecule has 0 saturated heterocycles. The highest BCUT2D eigenvalue weighted by Crippen LogP contribution is 2.19. The highest BCUT2D eigenvalue weighted by atomic mass is 79.9. The zero-order valence-corrected chi connectivity index (χ0v) is 12.6. The summed E-state index contributed by atoms with van der Waals surface area (Å²) in [5, 5.41) is 7.78. The molecule has 0 atom stereocenters. The first-order valence-corrected chi connectivity index (χ1v) is 7.80. The van der Waals surface area contributed by atoms with Gasteiger partial charge >= 0.3 is 0 Å². The van der Waals surface area contributed by atoms with Gasteiger partial charge in [0.15, 0.2) is 0 Å². The molecule has 2 aromatic rings. The Morgan fingerprint density at radius 2 is 2.11 bits per heavy atom. The molecule has 1 heterocycles. The topological polar surface area (TPSA) is 38.9 Å². The Labute approximate surface area is 120 Å². The summed E-state index contributed by atoms with van der Waals surface area (Å²) >= 11 is 5.40. The second-order valence-corrected chi connectivity index (χ2v) is 5.92. The monoisotopic (exact) mass is 326 g/mol. The Morgan fingerprint density at radius 1 is 1.28 bits per heavy atom. The summed E-state index contributed by atoms with van der Waals surface area (Å²) in [6, 6.07) is 8.37. The minimum atomic E-state index is 0.638. The van der Waals surface area contributed by atoms with Gasteiger partial charge in [0.05, 0.1) is 5.75 Å². The lowest BCUT2D eigenvalue weighted by molar-refractivity contribution is 0.485. The number of rotatable bonds is 6. The van der Waals surface area contributed by atoms with Gasteiger partial charge in [-0.15, -0.1) is 10.2 Å². The molecule has 5 heteroatoms. The second kappa shape index (κ2) is 6.95. The van der Waals surface area contributed by atoms with Crippen molar-refractivity contribution in [2.75, 3.05) is 5.75 Å². The standard InChI is InChI=1S/C13H15BrN2OS/c1-10-15-16-13(17-10)9-18-8-4-6-11-5-2-3-7-12(11)14/h2-3,5,7H,4,6,8-9H2,1H3. The molecule has 0 saturated carbocycles. The van der Waals surface area contributed by atoms with Crippen LogP contribution < -0.4 is 0 Å². The fourth-order valence-corrected chi connectivity index (χ4v) is 2.89. The Hall–Kier alpha value is -0.810. The first-order valence-electron chi connectivity index (χ1n) is 5.86. The first-order chi connectivity index (χ1) is 8.75. The molecular weight excluding hydrogens is 312 g/mol. The van der Waals surface area contributed by atoms with Crippen molar-refractivity contribution in [1.82, 2.24) is 10.2 Å². The van der Waals surface area contributed by atoms with E-state index in [9.17, 15) is 0 Å². The van der Waals surface area contributed by atoms with Crippen LogP contribution in [-0.2, 0) is 12.2 Å². The van der Waals surface area contributed by atoms with Crippen LogP contribution in [-0.4, -0.2) is 16.0 Å². The summed E-state index contributed by atoms with van der Waals surface area (Å²) in [5.41, 5.74) is 1.37. The van der Waals surface area contributed by atoms with E-state index in [1.54, 1.807) is 0 Å². The lowest BCUT2D eigenvalue weighted by atomic mass is 10.1. The van der Waals surface area contributed by atoms with Gasteiger partial charge < -0.3 is 4.42 Å². The van der Waals surface area contributed by atoms with Crippen LogP contribution in [0.15, 0.2) is 33.2 Å². The Bertz CT molecular complexity index is 501. The molecule has 1 aromatic heterocycles. The molecule has 0 unspecified atom stereocenters. The minimum Gasteiger partial charge on any atom is -0.425 e. The number of nitrogens with zero attached hydrogens (tertiary/aromatic N) is 2. The maximum atomic E-state index is 5.32. The van der Waals surface area contributed by atoms with Gasteiger partial charge in [0.2, 0.25) is 11.8 Å². The van der Waals surface area contributed by atoms with Crippen LogP contribution in [0.4, 0.5) is 0 Å². The predicted molar refractivity (Wildman–Crippen MR) is 77.7 cm³/mol. The quantitative estimate of drug-likeness (QED) is 0.752. The highest BCUT2D eigenvalue weighted by molar-refractivity contribution is 9.10. The minimum absolute atomic E-state index is 0.638. The van der Waals surface area contributed by atoms with Crippen LogP contribution in [0.5, 0.6) is 0 Å². The summed E-state index contributed by atoms with van der Waals surface area (Å²) in [4.78, 5) is 0. The number of aromatic nitrogens is 2. The van der Waals surface area contributed by atoms with Gasteiger partial charge in [-0.2, -0.15) is 11.8 Å². The van der Waals surface area contributed by atoms with Crippen LogP contribution in [0, 0.1) is 6.92 Å². The largest absolute Gasteiger partial charge is 0.425 e. The molecule has 96 valence electrons. The van der Waals surface area contributed by atoms with Crippen molar-refractivity contribution in [1.29, 1.82) is 0 Å². The molecule has 0 amide bonds. The average Bonchev–Trinajstić information content (AvgIpc) is 2.77. The van der Waals surface area contributed by atoms with E-state index in [0.29, 0.717) is 5.89 Å². The maximum Gasteiger partial charge on any atom is 0.226 e. The lowest BCUT2D eigenvalue weighted by Crippen LogP contribution is -1.90. The maximum absolute atomic E-state index is 5.32. The molecule has 0 spiro atoms. The van der Waals surface area contributed by atoms with E-state index in [1.165, 1.54) is 10.0 Å². The van der Waals surface area contributed by atoms with Gasteiger partial charge in [0.25, 0.3) is 0 Å². The number of halogens is 1. The van der Waals surface area contributed by atoms with Crippen molar-refractivity contribution in [3.05, 3.63) is 46.1 Å². The third-order valence-electron chi connectivity index (χ3n) is 2.49. The molecule has 0 aliphatic heterocycles. The zero-order chi connectivity index (χ0) is 12.8. The average molecular weight is 327 g/mol. The van der Waals surface area contributed by atoms with Crippen molar-refractivity contribution >= 4 is 27.7 Å². The van der Waals surface area contributed by atoms with E-state index in [1.807, 2.05) is 24.8 Å². The molecule has 1 aromatic carbocycles. The van der Waals surface area contributed by atoms with Gasteiger partial charge in [-0.1, -0.05) is 34.1 Å². The summed E-state index contributed by atoms with van der Waals surface area (Å²) in [6.45, 7) is 1.81. The van der Waals surface area contributed by atoms with Crippen LogP contribution >= 0.6 is 27.7 Å². The van der Waals surface area contributed by atoms with Gasteiger partial charge in [0.1, 0.15) is 0 Å². The van der Waals surface area contributed by atoms with Gasteiger partial charge in [-0.25, -0.2) is 0 Å². The fraction of sp³-hybridized carbons (Fsp3) is 0.385. The fourth-order valence-electron chi connectivity index (χ4n) is 1.62. The molecule has 2 rings (SSSR count). The van der Waals surface area contributed by atoms with Crippen molar-refractivity contribution in [3.8, 4) is 0 Å². The Kier molecular flexibility index (Phi) is 5.26. The van der Waals surface area contributed by atoms with Crippen LogP contribution in [0.25, 0.3) is 0 Å². The van der Waals surface area contributed by atoms with Gasteiger partial charge in [-0.05, 0) is 30.2 Å². The van der Waals surface area contributed by atoms with Gasteiger partial charge in [0, 0.05) is 11.4 Å². The van der Waals surface area contributed by atoms with E-state index in [-0.39, 0.29) is 0 Å². The molecular formula is C13H15BrN2OS. The molecule has 3 nitrogen and oxygen atoms in total. The molecule has 0 bridgehead atoms. The molecule has 0 aliphatic carbocycles. The van der Waals surface area contributed by atoms with Crippen LogP contribution in [0.1, 0.15) is 23.8 Å². The normalized spacial score (nSPS) is 10.8. The molecule has 0 N–H and O–H groups in total. The van der Waals surface area contributed by atoms with Crippen molar-refractivity contribution in [3.63, 3.8) is 0 Å². The second-order valence-electron chi connectivity index (χ2n) is 3.96. The van der Waals surface area contributed by atoms with Crippen LogP contribution in [0.2, 0.25) is 0 Å². The van der Waals surface area contributed by atoms with Gasteiger partial charge in [-0.3, -0.25) is 0 Å². The number of hydrogen-bond acceptors (Lipinski definition) is 4. The summed E-state index contributed by atoms with van der Waals surface area (Å²) in [7, 11) is 0. The lowest BCUT2D eigenvalue weighted by Gasteiger charge is -2.03. The van der Waals surface area contributed by atoms with E-state index in [0.717, 1.165) is 30.2 Å².